The Morgan fingerprint density at radius 2 is 2.00 bits per heavy atom. The summed E-state index contributed by atoms with van der Waals surface area (Å²) in [6, 6.07) is 7.32. The molecule has 0 heterocycles. The van der Waals surface area contributed by atoms with Crippen molar-refractivity contribution in [1.82, 2.24) is 0 Å². The molecule has 1 aromatic carbocycles. The zero-order valence-corrected chi connectivity index (χ0v) is 11.6. The Morgan fingerprint density at radius 3 is 2.74 bits per heavy atom. The van der Waals surface area contributed by atoms with Crippen LogP contribution in [0.4, 0.5) is 0 Å². The van der Waals surface area contributed by atoms with Crippen molar-refractivity contribution < 1.29 is 10.2 Å². The molecule has 2 heteroatoms. The zero-order valence-electron chi connectivity index (χ0n) is 11.6. The fraction of sp³-hybridized carbons (Fsp3) is 0.529. The average molecular weight is 260 g/mol. The number of aromatic hydroxyl groups is 1. The summed E-state index contributed by atoms with van der Waals surface area (Å²) in [6.45, 7) is 2.62. The Balaban J connectivity index is 1.87. The maximum Gasteiger partial charge on any atom is 0.116 e. The van der Waals surface area contributed by atoms with Gasteiger partial charge in [0.05, 0.1) is 0 Å². The number of rotatable bonds is 4. The molecule has 0 bridgehead atoms. The second-order valence-electron chi connectivity index (χ2n) is 5.96. The molecule has 2 nitrogen and oxygen atoms in total. The van der Waals surface area contributed by atoms with Gasteiger partial charge in [0.2, 0.25) is 0 Å². The number of benzene rings is 1. The minimum atomic E-state index is 0.314. The first kappa shape index (κ1) is 14.1. The first-order valence-electron chi connectivity index (χ1n) is 7.23. The molecule has 104 valence electrons. The van der Waals surface area contributed by atoms with E-state index in [1.807, 2.05) is 12.1 Å². The van der Waals surface area contributed by atoms with Crippen LogP contribution in [0, 0.1) is 17.8 Å². The van der Waals surface area contributed by atoms with Crippen molar-refractivity contribution in [3.05, 3.63) is 35.9 Å². The van der Waals surface area contributed by atoms with Gasteiger partial charge in [0.15, 0.2) is 0 Å². The Morgan fingerprint density at radius 1 is 1.21 bits per heavy atom. The predicted molar refractivity (Wildman–Crippen MR) is 78.8 cm³/mol. The van der Waals surface area contributed by atoms with Crippen molar-refractivity contribution in [2.45, 2.75) is 32.6 Å². The monoisotopic (exact) mass is 260 g/mol. The molecule has 0 spiro atoms. The van der Waals surface area contributed by atoms with E-state index in [0.717, 1.165) is 24.3 Å². The molecule has 3 atom stereocenters. The molecule has 0 amide bonds. The van der Waals surface area contributed by atoms with Crippen LogP contribution in [0.3, 0.4) is 0 Å². The van der Waals surface area contributed by atoms with E-state index in [-0.39, 0.29) is 0 Å². The van der Waals surface area contributed by atoms with Crippen molar-refractivity contribution in [2.24, 2.45) is 17.8 Å². The van der Waals surface area contributed by atoms with Gasteiger partial charge in [-0.25, -0.2) is 0 Å². The van der Waals surface area contributed by atoms with Crippen LogP contribution in [0.5, 0.6) is 5.75 Å². The van der Waals surface area contributed by atoms with E-state index in [2.05, 4.69) is 19.1 Å². The van der Waals surface area contributed by atoms with Gasteiger partial charge in [-0.05, 0) is 61.1 Å². The van der Waals surface area contributed by atoms with Crippen LogP contribution in [-0.2, 0) is 0 Å². The second kappa shape index (κ2) is 6.76. The van der Waals surface area contributed by atoms with Crippen molar-refractivity contribution >= 4 is 6.08 Å². The summed E-state index contributed by atoms with van der Waals surface area (Å²) in [5, 5.41) is 18.7. The molecule has 1 fully saturated rings. The average Bonchev–Trinajstić information content (AvgIpc) is 2.38. The fourth-order valence-corrected chi connectivity index (χ4v) is 3.26. The van der Waals surface area contributed by atoms with Crippen molar-refractivity contribution in [3.63, 3.8) is 0 Å². The molecule has 1 aliphatic rings. The molecule has 2 N–H and O–H groups in total. The summed E-state index contributed by atoms with van der Waals surface area (Å²) in [4.78, 5) is 0. The van der Waals surface area contributed by atoms with Crippen molar-refractivity contribution in [2.75, 3.05) is 6.61 Å². The quantitative estimate of drug-likeness (QED) is 0.863. The van der Waals surface area contributed by atoms with Gasteiger partial charge in [0.1, 0.15) is 5.75 Å². The number of hydrogen-bond acceptors (Lipinski definition) is 2. The molecule has 0 radical (unpaired) electrons. The molecule has 1 aliphatic carbocycles. The maximum absolute atomic E-state index is 9.40. The van der Waals surface area contributed by atoms with Gasteiger partial charge in [0.25, 0.3) is 0 Å². The Kier molecular flexibility index (Phi) is 5.03. The number of phenols is 1. The van der Waals surface area contributed by atoms with Crippen molar-refractivity contribution in [3.8, 4) is 5.75 Å². The van der Waals surface area contributed by atoms with E-state index in [0.29, 0.717) is 24.2 Å². The molecule has 1 saturated carbocycles. The van der Waals surface area contributed by atoms with Crippen LogP contribution in [0.2, 0.25) is 0 Å². The first-order chi connectivity index (χ1) is 9.17. The highest BCUT2D eigenvalue weighted by Crippen LogP contribution is 2.35. The Labute approximate surface area is 115 Å². The lowest BCUT2D eigenvalue weighted by Crippen LogP contribution is -2.23. The minimum absolute atomic E-state index is 0.314. The number of allylic oxidation sites excluding steroid dienone is 1. The molecular weight excluding hydrogens is 236 g/mol. The van der Waals surface area contributed by atoms with E-state index in [9.17, 15) is 10.2 Å². The third-order valence-electron chi connectivity index (χ3n) is 4.05. The molecule has 0 aliphatic heterocycles. The van der Waals surface area contributed by atoms with E-state index in [4.69, 9.17) is 0 Å². The highest BCUT2D eigenvalue weighted by atomic mass is 16.3. The number of hydrogen-bond donors (Lipinski definition) is 2. The third kappa shape index (κ3) is 4.39. The normalized spacial score (nSPS) is 27.8. The SMILES string of the molecule is C[C@H]1CC(CO)CC(C/C=C/c2cccc(O)c2)C1. The Hall–Kier alpha value is -1.28. The van der Waals surface area contributed by atoms with Gasteiger partial charge in [-0.3, -0.25) is 0 Å². The second-order valence-corrected chi connectivity index (χ2v) is 5.96. The smallest absolute Gasteiger partial charge is 0.116 e. The summed E-state index contributed by atoms with van der Waals surface area (Å²) in [5.41, 5.74) is 1.04. The predicted octanol–water partition coefficient (Wildman–Crippen LogP) is 3.84. The van der Waals surface area contributed by atoms with Gasteiger partial charge in [-0.2, -0.15) is 0 Å². The van der Waals surface area contributed by atoms with Crippen molar-refractivity contribution in [1.29, 1.82) is 0 Å². The van der Waals surface area contributed by atoms with E-state index >= 15 is 0 Å². The molecule has 19 heavy (non-hydrogen) atoms. The van der Waals surface area contributed by atoms with E-state index in [1.54, 1.807) is 12.1 Å². The topological polar surface area (TPSA) is 40.5 Å². The lowest BCUT2D eigenvalue weighted by atomic mass is 9.75. The molecule has 1 aromatic rings. The van der Waals surface area contributed by atoms with E-state index in [1.165, 1.54) is 12.8 Å². The van der Waals surface area contributed by atoms with Gasteiger partial charge in [-0.15, -0.1) is 0 Å². The maximum atomic E-state index is 9.40. The molecule has 2 rings (SSSR count). The van der Waals surface area contributed by atoms with Gasteiger partial charge < -0.3 is 10.2 Å². The summed E-state index contributed by atoms with van der Waals surface area (Å²) in [5.74, 6) is 2.22. The number of aliphatic hydroxyl groups is 1. The first-order valence-corrected chi connectivity index (χ1v) is 7.23. The largest absolute Gasteiger partial charge is 0.508 e. The van der Waals surface area contributed by atoms with Gasteiger partial charge in [0, 0.05) is 6.61 Å². The van der Waals surface area contributed by atoms with Crippen LogP contribution in [0.1, 0.15) is 38.2 Å². The molecule has 0 saturated heterocycles. The lowest BCUT2D eigenvalue weighted by molar-refractivity contribution is 0.132. The van der Waals surface area contributed by atoms with Crippen LogP contribution in [-0.4, -0.2) is 16.8 Å². The zero-order chi connectivity index (χ0) is 13.7. The summed E-state index contributed by atoms with van der Waals surface area (Å²) in [7, 11) is 0. The molecule has 0 aromatic heterocycles. The minimum Gasteiger partial charge on any atom is -0.508 e. The standard InChI is InChI=1S/C17H24O2/c1-13-8-15(10-16(9-13)12-18)6-2-4-14-5-3-7-17(19)11-14/h2-5,7,11,13,15-16,18-19H,6,8-10,12H2,1H3/b4-2+/t13-,15?,16?/m1/s1. The van der Waals surface area contributed by atoms with Gasteiger partial charge in [-0.1, -0.05) is 31.2 Å². The Bertz CT molecular complexity index is 425. The highest BCUT2D eigenvalue weighted by molar-refractivity contribution is 5.51. The fourth-order valence-electron chi connectivity index (χ4n) is 3.26. The summed E-state index contributed by atoms with van der Waals surface area (Å²) in [6.07, 6.45) is 8.92. The van der Waals surface area contributed by atoms with Crippen LogP contribution in [0.15, 0.2) is 30.3 Å². The summed E-state index contributed by atoms with van der Waals surface area (Å²) >= 11 is 0. The van der Waals surface area contributed by atoms with E-state index < -0.39 is 0 Å². The third-order valence-corrected chi connectivity index (χ3v) is 4.05. The van der Waals surface area contributed by atoms with Crippen LogP contribution in [0.25, 0.3) is 6.08 Å². The summed E-state index contributed by atoms with van der Waals surface area (Å²) < 4.78 is 0. The van der Waals surface area contributed by atoms with Crippen LogP contribution < -0.4 is 0 Å². The molecular formula is C17H24O2. The lowest BCUT2D eigenvalue weighted by Gasteiger charge is -2.31. The number of aliphatic hydroxyl groups excluding tert-OH is 1. The van der Waals surface area contributed by atoms with Crippen LogP contribution >= 0.6 is 0 Å². The molecule has 2 unspecified atom stereocenters. The van der Waals surface area contributed by atoms with Gasteiger partial charge >= 0.3 is 0 Å². The number of phenolic OH excluding ortho intramolecular Hbond substituents is 1. The highest BCUT2D eigenvalue weighted by Gasteiger charge is 2.25.